The van der Waals surface area contributed by atoms with Crippen LogP contribution >= 0.6 is 0 Å². The van der Waals surface area contributed by atoms with Gasteiger partial charge in [-0.15, -0.1) is 0 Å². The molecule has 2 atom stereocenters. The molecule has 1 aliphatic rings. The van der Waals surface area contributed by atoms with E-state index >= 15 is 0 Å². The molecule has 0 radical (unpaired) electrons. The Morgan fingerprint density at radius 1 is 1.20 bits per heavy atom. The van der Waals surface area contributed by atoms with Gasteiger partial charge in [0.2, 0.25) is 0 Å². The highest BCUT2D eigenvalue weighted by Crippen LogP contribution is 2.36. The number of piperidine rings is 1. The molecule has 3 aromatic rings. The van der Waals surface area contributed by atoms with E-state index in [0.29, 0.717) is 0 Å². The number of nitrogens with zero attached hydrogens (tertiary/aromatic N) is 6. The van der Waals surface area contributed by atoms with E-state index in [1.807, 2.05) is 0 Å². The fourth-order valence-corrected chi connectivity index (χ4v) is 4.12. The first-order chi connectivity index (χ1) is 16.5. The van der Waals surface area contributed by atoms with Crippen LogP contribution in [0.1, 0.15) is 35.8 Å². The Hall–Kier alpha value is -3.64. The van der Waals surface area contributed by atoms with Crippen molar-refractivity contribution in [3.63, 3.8) is 0 Å². The molecule has 4 heterocycles. The van der Waals surface area contributed by atoms with Crippen molar-refractivity contribution in [2.45, 2.75) is 31.7 Å². The van der Waals surface area contributed by atoms with Gasteiger partial charge in [-0.05, 0) is 18.1 Å². The fraction of sp³-hybridized carbons (Fsp3) is 0.409. The van der Waals surface area contributed by atoms with Crippen molar-refractivity contribution in [2.75, 3.05) is 18.4 Å². The van der Waals surface area contributed by atoms with Crippen LogP contribution < -0.4 is 5.32 Å². The van der Waals surface area contributed by atoms with Gasteiger partial charge in [-0.25, -0.2) is 36.9 Å². The average Bonchev–Trinajstić information content (AvgIpc) is 3.19. The maximum absolute atomic E-state index is 14.5. The third-order valence-electron chi connectivity index (χ3n) is 5.76. The fourth-order valence-electron chi connectivity index (χ4n) is 4.12. The summed E-state index contributed by atoms with van der Waals surface area (Å²) in [4.78, 5) is 26.2. The number of pyridine rings is 1. The molecule has 1 fully saturated rings. The predicted molar refractivity (Wildman–Crippen MR) is 115 cm³/mol. The smallest absolute Gasteiger partial charge is 0.275 e. The van der Waals surface area contributed by atoms with E-state index in [9.17, 15) is 26.7 Å². The summed E-state index contributed by atoms with van der Waals surface area (Å²) in [7, 11) is 1.55. The lowest BCUT2D eigenvalue weighted by atomic mass is 9.88. The van der Waals surface area contributed by atoms with Crippen LogP contribution in [0.2, 0.25) is 0 Å². The number of amides is 1. The highest BCUT2D eigenvalue weighted by atomic mass is 19.3. The van der Waals surface area contributed by atoms with E-state index in [1.54, 1.807) is 14.0 Å². The summed E-state index contributed by atoms with van der Waals surface area (Å²) in [5.41, 5.74) is -0.216. The molecule has 0 unspecified atom stereocenters. The van der Waals surface area contributed by atoms with Crippen molar-refractivity contribution in [1.82, 2.24) is 29.6 Å². The maximum Gasteiger partial charge on any atom is 0.275 e. The first kappa shape index (κ1) is 24.5. The largest absolute Gasteiger partial charge is 0.368 e. The zero-order valence-electron chi connectivity index (χ0n) is 18.8. The molecule has 0 spiro atoms. The number of carbonyl (C=O) groups excluding carboxylic acids is 1. The molecule has 1 saturated heterocycles. The lowest BCUT2D eigenvalue weighted by Gasteiger charge is -2.43. The van der Waals surface area contributed by atoms with Crippen LogP contribution in [0.5, 0.6) is 0 Å². The molecule has 0 saturated carbocycles. The van der Waals surface area contributed by atoms with Crippen molar-refractivity contribution >= 4 is 11.7 Å². The van der Waals surface area contributed by atoms with Crippen LogP contribution in [0.25, 0.3) is 11.4 Å². The highest BCUT2D eigenvalue weighted by molar-refractivity contribution is 5.98. The van der Waals surface area contributed by atoms with Crippen LogP contribution in [0, 0.1) is 11.7 Å². The quantitative estimate of drug-likeness (QED) is 0.521. The summed E-state index contributed by atoms with van der Waals surface area (Å²) in [6.07, 6.45) is 1.24. The second-order valence-electron chi connectivity index (χ2n) is 8.49. The Balaban J connectivity index is 1.61. The molecule has 186 valence electrons. The normalized spacial score (nSPS) is 19.7. The second-order valence-corrected chi connectivity index (χ2v) is 8.49. The summed E-state index contributed by atoms with van der Waals surface area (Å²) in [5.74, 6) is -4.86. The van der Waals surface area contributed by atoms with Crippen LogP contribution in [0.4, 0.5) is 27.8 Å². The van der Waals surface area contributed by atoms with Gasteiger partial charge in [-0.2, -0.15) is 5.10 Å². The summed E-state index contributed by atoms with van der Waals surface area (Å²) in [5, 5.41) is 7.08. The van der Waals surface area contributed by atoms with Gasteiger partial charge in [0.25, 0.3) is 18.3 Å². The average molecular weight is 495 g/mol. The van der Waals surface area contributed by atoms with Gasteiger partial charge in [0.15, 0.2) is 17.3 Å². The number of alkyl halides is 4. The summed E-state index contributed by atoms with van der Waals surface area (Å²) in [6, 6.07) is 1.89. The number of hydrogen-bond donors (Lipinski definition) is 1. The Morgan fingerprint density at radius 3 is 2.54 bits per heavy atom. The third kappa shape index (κ3) is 5.38. The van der Waals surface area contributed by atoms with Crippen LogP contribution in [-0.2, 0) is 7.05 Å². The second kappa shape index (κ2) is 9.55. The van der Waals surface area contributed by atoms with Crippen molar-refractivity contribution < 1.29 is 26.7 Å². The van der Waals surface area contributed by atoms with Gasteiger partial charge >= 0.3 is 0 Å². The van der Waals surface area contributed by atoms with E-state index in [0.717, 1.165) is 23.5 Å². The van der Waals surface area contributed by atoms with Gasteiger partial charge in [-0.3, -0.25) is 9.48 Å². The Kier molecular flexibility index (Phi) is 6.68. The summed E-state index contributed by atoms with van der Waals surface area (Å²) in [6.45, 7) is 0.829. The molecule has 3 aromatic heterocycles. The predicted octanol–water partition coefficient (Wildman–Crippen LogP) is 3.95. The molecular formula is C22H22F5N7O. The zero-order valence-corrected chi connectivity index (χ0v) is 18.8. The number of rotatable bonds is 6. The molecule has 0 aromatic carbocycles. The minimum atomic E-state index is -3.12. The van der Waals surface area contributed by atoms with E-state index in [2.05, 4.69) is 25.4 Å². The third-order valence-corrected chi connectivity index (χ3v) is 5.76. The molecule has 4 rings (SSSR count). The number of halogens is 5. The number of carbonyl (C=O) groups is 1. The van der Waals surface area contributed by atoms with Crippen molar-refractivity contribution in [2.24, 2.45) is 13.0 Å². The Labute approximate surface area is 197 Å². The zero-order chi connectivity index (χ0) is 25.3. The minimum Gasteiger partial charge on any atom is -0.368 e. The van der Waals surface area contributed by atoms with Crippen molar-refractivity contribution in [1.29, 1.82) is 0 Å². The van der Waals surface area contributed by atoms with Gasteiger partial charge in [0.05, 0.1) is 30.5 Å². The number of aryl methyl sites for hydroxylation is 1. The van der Waals surface area contributed by atoms with Gasteiger partial charge in [0, 0.05) is 38.0 Å². The van der Waals surface area contributed by atoms with Crippen LogP contribution in [0.3, 0.4) is 0 Å². The van der Waals surface area contributed by atoms with Gasteiger partial charge in [0.1, 0.15) is 5.82 Å². The first-order valence-corrected chi connectivity index (χ1v) is 10.7. The van der Waals surface area contributed by atoms with Crippen LogP contribution in [-0.4, -0.2) is 60.6 Å². The summed E-state index contributed by atoms with van der Waals surface area (Å²) < 4.78 is 69.2. The number of anilines is 1. The molecule has 1 N–H and O–H groups in total. The number of aromatic nitrogens is 5. The van der Waals surface area contributed by atoms with E-state index in [1.165, 1.54) is 23.0 Å². The highest BCUT2D eigenvalue weighted by Gasteiger charge is 2.47. The standard InChI is InChI=1S/C22H22F5N7O/c1-12-5-22(26,27)11-34(16(12)9-29-17-4-3-13(6-28-17)19(24)25)21(35)18-15(10-33(2)32-18)20-30-7-14(23)8-31-20/h3-4,6-8,10,12,16,19H,5,9,11H2,1-2H3,(H,28,29)/t12-,16-/m1/s1. The SMILES string of the molecule is C[C@@H]1CC(F)(F)CN(C(=O)c2nn(C)cc2-c2ncc(F)cn2)[C@@H]1CNc1ccc(C(F)F)cn1. The minimum absolute atomic E-state index is 0.0256. The van der Waals surface area contributed by atoms with Crippen LogP contribution in [0.15, 0.2) is 36.9 Å². The van der Waals surface area contributed by atoms with Crippen molar-refractivity contribution in [3.05, 3.63) is 54.0 Å². The monoisotopic (exact) mass is 495 g/mol. The van der Waals surface area contributed by atoms with E-state index in [-0.39, 0.29) is 35.0 Å². The maximum atomic E-state index is 14.5. The summed E-state index contributed by atoms with van der Waals surface area (Å²) >= 11 is 0. The van der Waals surface area contributed by atoms with Crippen molar-refractivity contribution in [3.8, 4) is 11.4 Å². The molecule has 1 aliphatic heterocycles. The molecular weight excluding hydrogens is 473 g/mol. The number of likely N-dealkylation sites (tertiary alicyclic amines) is 1. The Bertz CT molecular complexity index is 1180. The molecule has 35 heavy (non-hydrogen) atoms. The van der Waals surface area contributed by atoms with E-state index < -0.39 is 49.0 Å². The first-order valence-electron chi connectivity index (χ1n) is 10.7. The molecule has 13 heteroatoms. The number of nitrogens with one attached hydrogen (secondary N) is 1. The molecule has 0 aliphatic carbocycles. The van der Waals surface area contributed by atoms with E-state index in [4.69, 9.17) is 0 Å². The van der Waals surface area contributed by atoms with Gasteiger partial charge < -0.3 is 10.2 Å². The number of hydrogen-bond acceptors (Lipinski definition) is 6. The molecule has 0 bridgehead atoms. The lowest BCUT2D eigenvalue weighted by Crippen LogP contribution is -2.57. The topological polar surface area (TPSA) is 88.8 Å². The lowest BCUT2D eigenvalue weighted by molar-refractivity contribution is -0.0898. The Morgan fingerprint density at radius 2 is 1.91 bits per heavy atom. The van der Waals surface area contributed by atoms with Gasteiger partial charge in [-0.1, -0.05) is 6.92 Å². The molecule has 1 amide bonds. The molecule has 8 nitrogen and oxygen atoms in total.